The Balaban J connectivity index is 1.63. The number of nitrogens with zero attached hydrogens (tertiary/aromatic N) is 1. The Morgan fingerprint density at radius 3 is 2.12 bits per heavy atom. The molecule has 1 atom stereocenters. The molecule has 3 aromatic carbocycles. The van der Waals surface area contributed by atoms with Crippen LogP contribution >= 0.6 is 0 Å². The van der Waals surface area contributed by atoms with Crippen LogP contribution in [0.3, 0.4) is 0 Å². The second-order valence-electron chi connectivity index (χ2n) is 7.82. The Morgan fingerprint density at radius 1 is 0.882 bits per heavy atom. The minimum Gasteiger partial charge on any atom is -0.350 e. The highest BCUT2D eigenvalue weighted by atomic mass is 19.1. The number of rotatable bonds is 10. The first-order valence-corrected chi connectivity index (χ1v) is 11.2. The zero-order chi connectivity index (χ0) is 24.3. The Hall–Kier alpha value is -4.00. The Bertz CT molecular complexity index is 1090. The van der Waals surface area contributed by atoms with Gasteiger partial charge in [-0.3, -0.25) is 14.4 Å². The molecule has 1 unspecified atom stereocenters. The number of amides is 3. The molecule has 6 nitrogen and oxygen atoms in total. The van der Waals surface area contributed by atoms with E-state index in [0.717, 1.165) is 11.1 Å². The third-order valence-corrected chi connectivity index (χ3v) is 5.39. The third kappa shape index (κ3) is 7.27. The molecule has 2 N–H and O–H groups in total. The van der Waals surface area contributed by atoms with E-state index in [2.05, 4.69) is 10.6 Å². The average molecular weight is 462 g/mol. The molecular weight excluding hydrogens is 433 g/mol. The van der Waals surface area contributed by atoms with Crippen molar-refractivity contribution in [1.82, 2.24) is 15.5 Å². The van der Waals surface area contributed by atoms with Crippen molar-refractivity contribution in [3.05, 3.63) is 107 Å². The summed E-state index contributed by atoms with van der Waals surface area (Å²) in [4.78, 5) is 39.7. The summed E-state index contributed by atoms with van der Waals surface area (Å²) in [5.74, 6) is -1.18. The number of likely N-dealkylation sites (N-methyl/N-ethyl adjacent to an activating group) is 1. The molecule has 0 radical (unpaired) electrons. The summed E-state index contributed by atoms with van der Waals surface area (Å²) in [5.41, 5.74) is 2.07. The van der Waals surface area contributed by atoms with Crippen molar-refractivity contribution < 1.29 is 18.8 Å². The molecule has 0 saturated carbocycles. The number of carbonyl (C=O) groups is 3. The highest BCUT2D eigenvalue weighted by Crippen LogP contribution is 2.19. The molecule has 0 aliphatic carbocycles. The zero-order valence-corrected chi connectivity index (χ0v) is 19.0. The molecule has 34 heavy (non-hydrogen) atoms. The van der Waals surface area contributed by atoms with Gasteiger partial charge in [0.05, 0.1) is 19.0 Å². The van der Waals surface area contributed by atoms with Gasteiger partial charge in [0.2, 0.25) is 11.8 Å². The van der Waals surface area contributed by atoms with Gasteiger partial charge in [-0.05, 0) is 42.3 Å². The van der Waals surface area contributed by atoms with Gasteiger partial charge in [0, 0.05) is 18.7 Å². The smallest absolute Gasteiger partial charge is 0.251 e. The van der Waals surface area contributed by atoms with Crippen LogP contribution in [0.4, 0.5) is 4.39 Å². The van der Waals surface area contributed by atoms with Gasteiger partial charge in [0.25, 0.3) is 5.91 Å². The lowest BCUT2D eigenvalue weighted by Crippen LogP contribution is -2.42. The van der Waals surface area contributed by atoms with E-state index in [4.69, 9.17) is 0 Å². The van der Waals surface area contributed by atoms with Crippen molar-refractivity contribution in [2.75, 3.05) is 13.1 Å². The van der Waals surface area contributed by atoms with Crippen LogP contribution in [0.1, 0.15) is 40.9 Å². The van der Waals surface area contributed by atoms with Gasteiger partial charge in [-0.2, -0.15) is 0 Å². The number of halogens is 1. The van der Waals surface area contributed by atoms with Crippen molar-refractivity contribution in [3.63, 3.8) is 0 Å². The van der Waals surface area contributed by atoms with Crippen molar-refractivity contribution in [1.29, 1.82) is 0 Å². The predicted octanol–water partition coefficient (Wildman–Crippen LogP) is 3.85. The average Bonchev–Trinajstić information content (AvgIpc) is 2.87. The highest BCUT2D eigenvalue weighted by Gasteiger charge is 2.23. The van der Waals surface area contributed by atoms with Gasteiger partial charge in [0.1, 0.15) is 5.82 Å². The van der Waals surface area contributed by atoms with E-state index >= 15 is 0 Å². The van der Waals surface area contributed by atoms with Crippen LogP contribution < -0.4 is 10.6 Å². The fourth-order valence-electron chi connectivity index (χ4n) is 3.48. The molecule has 0 aromatic heterocycles. The normalized spacial score (nSPS) is 11.4. The topological polar surface area (TPSA) is 78.5 Å². The highest BCUT2D eigenvalue weighted by molar-refractivity contribution is 5.95. The quantitative estimate of drug-likeness (QED) is 0.481. The molecule has 3 aromatic rings. The monoisotopic (exact) mass is 461 g/mol. The second-order valence-corrected chi connectivity index (χ2v) is 7.82. The molecule has 0 saturated heterocycles. The summed E-state index contributed by atoms with van der Waals surface area (Å²) < 4.78 is 13.0. The van der Waals surface area contributed by atoms with E-state index in [-0.39, 0.29) is 43.0 Å². The second kappa shape index (κ2) is 12.3. The molecule has 3 amide bonds. The molecule has 0 spiro atoms. The largest absolute Gasteiger partial charge is 0.350 e. The van der Waals surface area contributed by atoms with E-state index in [1.807, 2.05) is 36.4 Å². The summed E-state index contributed by atoms with van der Waals surface area (Å²) >= 11 is 0. The summed E-state index contributed by atoms with van der Waals surface area (Å²) in [5, 5.41) is 5.70. The zero-order valence-electron chi connectivity index (χ0n) is 19.0. The molecule has 176 valence electrons. The van der Waals surface area contributed by atoms with Gasteiger partial charge in [-0.15, -0.1) is 0 Å². The maximum atomic E-state index is 13.1. The SMILES string of the molecule is CCN(CC(=O)NCc1ccc(F)cc1)C(=O)CC(NC(=O)c1ccccc1)c1ccccc1. The summed E-state index contributed by atoms with van der Waals surface area (Å²) in [7, 11) is 0. The molecule has 0 heterocycles. The predicted molar refractivity (Wildman–Crippen MR) is 128 cm³/mol. The van der Waals surface area contributed by atoms with Crippen LogP contribution in [0.5, 0.6) is 0 Å². The number of benzene rings is 3. The molecule has 0 fully saturated rings. The lowest BCUT2D eigenvalue weighted by Gasteiger charge is -2.25. The van der Waals surface area contributed by atoms with E-state index < -0.39 is 6.04 Å². The van der Waals surface area contributed by atoms with Gasteiger partial charge in [-0.25, -0.2) is 4.39 Å². The molecular formula is C27H28FN3O3. The minimum absolute atomic E-state index is 0.0155. The lowest BCUT2D eigenvalue weighted by molar-refractivity contribution is -0.136. The van der Waals surface area contributed by atoms with Crippen LogP contribution in [-0.2, 0) is 16.1 Å². The Morgan fingerprint density at radius 2 is 1.50 bits per heavy atom. The van der Waals surface area contributed by atoms with Crippen LogP contribution in [0, 0.1) is 5.82 Å². The van der Waals surface area contributed by atoms with Gasteiger partial charge in [0.15, 0.2) is 0 Å². The number of hydrogen-bond acceptors (Lipinski definition) is 3. The van der Waals surface area contributed by atoms with Crippen molar-refractivity contribution in [3.8, 4) is 0 Å². The summed E-state index contributed by atoms with van der Waals surface area (Å²) in [6, 6.07) is 23.4. The molecule has 0 bridgehead atoms. The first kappa shape index (κ1) is 24.6. The van der Waals surface area contributed by atoms with Crippen LogP contribution in [0.2, 0.25) is 0 Å². The molecule has 3 rings (SSSR count). The standard InChI is InChI=1S/C27H28FN3O3/c1-2-31(19-25(32)29-18-20-13-15-23(28)16-14-20)26(33)17-24(21-9-5-3-6-10-21)30-27(34)22-11-7-4-8-12-22/h3-16,24H,2,17-19H2,1H3,(H,29,32)(H,30,34). The van der Waals surface area contributed by atoms with Gasteiger partial charge >= 0.3 is 0 Å². The van der Waals surface area contributed by atoms with Gasteiger partial charge < -0.3 is 15.5 Å². The molecule has 0 aliphatic rings. The van der Waals surface area contributed by atoms with Crippen molar-refractivity contribution in [2.24, 2.45) is 0 Å². The first-order chi connectivity index (χ1) is 16.5. The summed E-state index contributed by atoms with van der Waals surface area (Å²) in [6.07, 6.45) is 0.0155. The number of carbonyl (C=O) groups excluding carboxylic acids is 3. The van der Waals surface area contributed by atoms with E-state index in [1.165, 1.54) is 17.0 Å². The van der Waals surface area contributed by atoms with Crippen LogP contribution in [0.15, 0.2) is 84.9 Å². The lowest BCUT2D eigenvalue weighted by atomic mass is 10.0. The first-order valence-electron chi connectivity index (χ1n) is 11.2. The third-order valence-electron chi connectivity index (χ3n) is 5.39. The molecule has 7 heteroatoms. The van der Waals surface area contributed by atoms with Gasteiger partial charge in [-0.1, -0.05) is 60.7 Å². The van der Waals surface area contributed by atoms with Crippen molar-refractivity contribution in [2.45, 2.75) is 25.9 Å². The van der Waals surface area contributed by atoms with E-state index in [0.29, 0.717) is 12.1 Å². The summed E-state index contributed by atoms with van der Waals surface area (Å²) in [6.45, 7) is 2.28. The maximum Gasteiger partial charge on any atom is 0.251 e. The fraction of sp³-hybridized carbons (Fsp3) is 0.222. The number of hydrogen-bond donors (Lipinski definition) is 2. The maximum absolute atomic E-state index is 13.1. The van der Waals surface area contributed by atoms with E-state index in [9.17, 15) is 18.8 Å². The van der Waals surface area contributed by atoms with Crippen LogP contribution in [0.25, 0.3) is 0 Å². The van der Waals surface area contributed by atoms with Crippen molar-refractivity contribution >= 4 is 17.7 Å². The minimum atomic E-state index is -0.544. The van der Waals surface area contributed by atoms with Crippen LogP contribution in [-0.4, -0.2) is 35.7 Å². The Kier molecular flexibility index (Phi) is 8.91. The molecule has 0 aliphatic heterocycles. The number of nitrogens with one attached hydrogen (secondary N) is 2. The fourth-order valence-corrected chi connectivity index (χ4v) is 3.48. The Labute approximate surface area is 198 Å². The van der Waals surface area contributed by atoms with E-state index in [1.54, 1.807) is 43.3 Å².